The van der Waals surface area contributed by atoms with Crippen LogP contribution in [0, 0.1) is 10.8 Å². The standard InChI is InChI=1S/C18H32O4Si2/c1-17(2,3)11-23-21-15-13(10-19)8-9-14(20-7)16(15)22-24-12-18(4,5)6/h8-10H,11-12,23-24H2,1-7H3. The van der Waals surface area contributed by atoms with Crippen LogP contribution in [-0.2, 0) is 0 Å². The molecule has 0 amide bonds. The van der Waals surface area contributed by atoms with Crippen LogP contribution in [0.5, 0.6) is 17.2 Å². The minimum Gasteiger partial charge on any atom is -0.546 e. The molecule has 0 saturated heterocycles. The molecule has 0 unspecified atom stereocenters. The topological polar surface area (TPSA) is 44.8 Å². The highest BCUT2D eigenvalue weighted by atomic mass is 28.2. The van der Waals surface area contributed by atoms with Crippen LogP contribution in [-0.4, -0.2) is 32.9 Å². The van der Waals surface area contributed by atoms with E-state index in [0.717, 1.165) is 18.4 Å². The first kappa shape index (κ1) is 20.8. The predicted molar refractivity (Wildman–Crippen MR) is 105 cm³/mol. The number of hydrogen-bond acceptors (Lipinski definition) is 4. The molecular formula is C18H32O4Si2. The van der Waals surface area contributed by atoms with Gasteiger partial charge in [0.05, 0.1) is 12.7 Å². The zero-order chi connectivity index (χ0) is 18.4. The van der Waals surface area contributed by atoms with Crippen LogP contribution >= 0.6 is 0 Å². The Morgan fingerprint density at radius 1 is 0.917 bits per heavy atom. The van der Waals surface area contributed by atoms with E-state index in [-0.39, 0.29) is 10.8 Å². The summed E-state index contributed by atoms with van der Waals surface area (Å²) in [6.07, 6.45) is 0.832. The van der Waals surface area contributed by atoms with Gasteiger partial charge in [0, 0.05) is 0 Å². The molecule has 0 atom stereocenters. The zero-order valence-corrected chi connectivity index (χ0v) is 19.0. The van der Waals surface area contributed by atoms with Crippen molar-refractivity contribution in [3.8, 4) is 17.2 Å². The summed E-state index contributed by atoms with van der Waals surface area (Å²) >= 11 is 0. The molecule has 24 heavy (non-hydrogen) atoms. The fourth-order valence-electron chi connectivity index (χ4n) is 2.02. The summed E-state index contributed by atoms with van der Waals surface area (Å²) in [5, 5.41) is 0. The van der Waals surface area contributed by atoms with E-state index < -0.39 is 19.5 Å². The maximum atomic E-state index is 11.4. The van der Waals surface area contributed by atoms with E-state index in [2.05, 4.69) is 41.5 Å². The van der Waals surface area contributed by atoms with Gasteiger partial charge in [-0.1, -0.05) is 41.5 Å². The third-order valence-corrected chi connectivity index (χ3v) is 8.04. The van der Waals surface area contributed by atoms with E-state index in [1.807, 2.05) is 0 Å². The molecule has 1 rings (SSSR count). The highest BCUT2D eigenvalue weighted by molar-refractivity contribution is 6.30. The van der Waals surface area contributed by atoms with Gasteiger partial charge in [-0.15, -0.1) is 0 Å². The fraction of sp³-hybridized carbons (Fsp3) is 0.611. The molecule has 0 heterocycles. The van der Waals surface area contributed by atoms with Gasteiger partial charge >= 0.3 is 0 Å². The first-order chi connectivity index (χ1) is 11.1. The second kappa shape index (κ2) is 8.71. The van der Waals surface area contributed by atoms with Crippen molar-refractivity contribution in [1.82, 2.24) is 0 Å². The van der Waals surface area contributed by atoms with Gasteiger partial charge in [-0.05, 0) is 35.1 Å². The molecule has 1 aromatic carbocycles. The largest absolute Gasteiger partial charge is 0.546 e. The molecule has 0 N–H and O–H groups in total. The normalized spacial score (nSPS) is 13.0. The van der Waals surface area contributed by atoms with Gasteiger partial charge in [0.2, 0.25) is 19.5 Å². The van der Waals surface area contributed by atoms with Crippen molar-refractivity contribution in [2.75, 3.05) is 7.11 Å². The molecule has 0 fully saturated rings. The molecule has 4 nitrogen and oxygen atoms in total. The minimum absolute atomic E-state index is 0.231. The van der Waals surface area contributed by atoms with Crippen molar-refractivity contribution in [3.05, 3.63) is 17.7 Å². The number of hydrogen-bond donors (Lipinski definition) is 0. The Hall–Kier alpha value is -1.28. The summed E-state index contributed by atoms with van der Waals surface area (Å²) in [7, 11) is 0.0409. The van der Waals surface area contributed by atoms with Crippen molar-refractivity contribution in [1.29, 1.82) is 0 Å². The van der Waals surface area contributed by atoms with Crippen molar-refractivity contribution in [2.24, 2.45) is 10.8 Å². The van der Waals surface area contributed by atoms with Gasteiger partial charge < -0.3 is 13.6 Å². The lowest BCUT2D eigenvalue weighted by atomic mass is 10.0. The minimum atomic E-state index is -0.797. The Kier molecular flexibility index (Phi) is 7.54. The van der Waals surface area contributed by atoms with Crippen LogP contribution in [0.2, 0.25) is 12.1 Å². The van der Waals surface area contributed by atoms with Crippen LogP contribution in [0.25, 0.3) is 0 Å². The van der Waals surface area contributed by atoms with Crippen LogP contribution < -0.4 is 13.6 Å². The number of aldehydes is 1. The summed E-state index contributed by atoms with van der Waals surface area (Å²) in [6.45, 7) is 13.2. The molecule has 0 radical (unpaired) electrons. The SMILES string of the molecule is COc1ccc(C=O)c(O[SiH2]CC(C)(C)C)c1O[SiH2]CC(C)(C)C. The summed E-state index contributed by atoms with van der Waals surface area (Å²) in [5.74, 6) is 1.82. The smallest absolute Gasteiger partial charge is 0.220 e. The van der Waals surface area contributed by atoms with Crippen molar-refractivity contribution in [2.45, 2.75) is 53.6 Å². The Bertz CT molecular complexity index is 545. The van der Waals surface area contributed by atoms with Crippen LogP contribution in [0.15, 0.2) is 12.1 Å². The predicted octanol–water partition coefficient (Wildman–Crippen LogP) is 3.36. The lowest BCUT2D eigenvalue weighted by molar-refractivity contribution is 0.112. The number of ether oxygens (including phenoxy) is 1. The maximum absolute atomic E-state index is 11.4. The lowest BCUT2D eigenvalue weighted by Crippen LogP contribution is -2.16. The molecule has 0 saturated carbocycles. The summed E-state index contributed by atoms with van der Waals surface area (Å²) in [6, 6.07) is 5.59. The second-order valence-corrected chi connectivity index (χ2v) is 10.8. The first-order valence-corrected chi connectivity index (χ1v) is 11.6. The number of carbonyl (C=O) groups excluding carboxylic acids is 1. The molecule has 0 aromatic heterocycles. The van der Waals surface area contributed by atoms with E-state index >= 15 is 0 Å². The van der Waals surface area contributed by atoms with Crippen molar-refractivity contribution < 1.29 is 18.4 Å². The Balaban J connectivity index is 3.00. The van der Waals surface area contributed by atoms with Crippen molar-refractivity contribution in [3.63, 3.8) is 0 Å². The molecule has 0 spiro atoms. The molecule has 0 aliphatic rings. The molecule has 0 aliphatic carbocycles. The molecule has 0 bridgehead atoms. The Morgan fingerprint density at radius 3 is 1.83 bits per heavy atom. The average molecular weight is 369 g/mol. The first-order valence-electron chi connectivity index (χ1n) is 8.49. The third kappa shape index (κ3) is 7.09. The highest BCUT2D eigenvalue weighted by Gasteiger charge is 2.19. The summed E-state index contributed by atoms with van der Waals surface area (Å²) < 4.78 is 17.6. The zero-order valence-electron chi connectivity index (χ0n) is 16.2. The number of methoxy groups -OCH3 is 1. The Labute approximate surface area is 151 Å². The molecule has 136 valence electrons. The second-order valence-electron chi connectivity index (χ2n) is 8.45. The molecule has 0 aliphatic heterocycles. The average Bonchev–Trinajstić information content (AvgIpc) is 2.45. The van der Waals surface area contributed by atoms with E-state index in [1.165, 1.54) is 0 Å². The maximum Gasteiger partial charge on any atom is 0.220 e. The number of carbonyl (C=O) groups is 1. The molecule has 6 heteroatoms. The summed E-state index contributed by atoms with van der Waals surface area (Å²) in [5.41, 5.74) is 1.01. The van der Waals surface area contributed by atoms with Crippen LogP contribution in [0.1, 0.15) is 51.9 Å². The van der Waals surface area contributed by atoms with E-state index in [4.69, 9.17) is 13.6 Å². The van der Waals surface area contributed by atoms with Crippen molar-refractivity contribution >= 4 is 25.8 Å². The van der Waals surface area contributed by atoms with Gasteiger partial charge in [-0.2, -0.15) is 0 Å². The molecule has 1 aromatic rings. The van der Waals surface area contributed by atoms with Gasteiger partial charge in [-0.3, -0.25) is 4.79 Å². The van der Waals surface area contributed by atoms with Crippen LogP contribution in [0.3, 0.4) is 0 Å². The van der Waals surface area contributed by atoms with Gasteiger partial charge in [-0.25, -0.2) is 0 Å². The third-order valence-electron chi connectivity index (χ3n) is 3.65. The monoisotopic (exact) mass is 368 g/mol. The van der Waals surface area contributed by atoms with Gasteiger partial charge in [0.25, 0.3) is 0 Å². The lowest BCUT2D eigenvalue weighted by Gasteiger charge is -2.22. The van der Waals surface area contributed by atoms with Crippen LogP contribution in [0.4, 0.5) is 0 Å². The highest BCUT2D eigenvalue weighted by Crippen LogP contribution is 2.40. The number of rotatable bonds is 8. The van der Waals surface area contributed by atoms with E-state index in [1.54, 1.807) is 19.2 Å². The van der Waals surface area contributed by atoms with E-state index in [9.17, 15) is 4.79 Å². The molecular weight excluding hydrogens is 336 g/mol. The van der Waals surface area contributed by atoms with Gasteiger partial charge in [0.1, 0.15) is 0 Å². The summed E-state index contributed by atoms with van der Waals surface area (Å²) in [4.78, 5) is 11.4. The van der Waals surface area contributed by atoms with E-state index in [0.29, 0.717) is 22.8 Å². The quantitative estimate of drug-likeness (QED) is 0.521. The number of benzene rings is 1. The Morgan fingerprint density at radius 2 is 1.42 bits per heavy atom. The van der Waals surface area contributed by atoms with Gasteiger partial charge in [0.15, 0.2) is 23.5 Å². The fourth-order valence-corrected chi connectivity index (χ4v) is 4.43.